The fourth-order valence-corrected chi connectivity index (χ4v) is 3.08. The van der Waals surface area contributed by atoms with Gasteiger partial charge in [0.1, 0.15) is 0 Å². The molecule has 0 aliphatic heterocycles. The van der Waals surface area contributed by atoms with Gasteiger partial charge < -0.3 is 5.32 Å². The highest BCUT2D eigenvalue weighted by atomic mass is 15.0. The first-order valence-electron chi connectivity index (χ1n) is 11.1. The molecule has 0 fully saturated rings. The summed E-state index contributed by atoms with van der Waals surface area (Å²) in [6, 6.07) is 0. The Kier molecular flexibility index (Phi) is 20.1. The van der Waals surface area contributed by atoms with E-state index in [0.717, 1.165) is 18.9 Å². The zero-order chi connectivity index (χ0) is 17.7. The number of nitrogens with one attached hydrogen (secondary N) is 1. The van der Waals surface area contributed by atoms with Gasteiger partial charge in [-0.15, -0.1) is 0 Å². The van der Waals surface area contributed by atoms with Crippen LogP contribution in [0.3, 0.4) is 0 Å². The number of hydrogen-bond acceptors (Lipinski definition) is 1. The quantitative estimate of drug-likeness (QED) is 0.158. The molecule has 0 aliphatic carbocycles. The number of amidine groups is 1. The first kappa shape index (κ1) is 23.5. The molecular weight excluding hydrogens is 292 g/mol. The molecule has 0 radical (unpaired) electrons. The van der Waals surface area contributed by atoms with E-state index in [0.29, 0.717) is 0 Å². The molecule has 0 rings (SSSR count). The highest BCUT2D eigenvalue weighted by Crippen LogP contribution is 2.09. The van der Waals surface area contributed by atoms with Crippen molar-refractivity contribution in [1.29, 1.82) is 0 Å². The molecule has 0 heterocycles. The normalized spacial score (nSPS) is 11.9. The second-order valence-corrected chi connectivity index (χ2v) is 7.34. The van der Waals surface area contributed by atoms with Gasteiger partial charge in [0.15, 0.2) is 0 Å². The average Bonchev–Trinajstić information content (AvgIpc) is 2.59. The van der Waals surface area contributed by atoms with Crippen molar-refractivity contribution < 1.29 is 0 Å². The van der Waals surface area contributed by atoms with Gasteiger partial charge in [-0.2, -0.15) is 0 Å². The summed E-state index contributed by atoms with van der Waals surface area (Å²) in [6.07, 6.45) is 22.1. The Bertz CT molecular complexity index is 261. The van der Waals surface area contributed by atoms with Gasteiger partial charge in [-0.05, 0) is 19.8 Å². The summed E-state index contributed by atoms with van der Waals surface area (Å²) in [5.41, 5.74) is 0. The largest absolute Gasteiger partial charge is 0.374 e. The molecule has 0 bridgehead atoms. The molecule has 24 heavy (non-hydrogen) atoms. The van der Waals surface area contributed by atoms with Gasteiger partial charge in [0.05, 0.1) is 5.84 Å². The van der Waals surface area contributed by atoms with Gasteiger partial charge in [-0.1, -0.05) is 104 Å². The Morgan fingerprint density at radius 2 is 1.00 bits per heavy atom. The van der Waals surface area contributed by atoms with Crippen molar-refractivity contribution in [3.8, 4) is 0 Å². The highest BCUT2D eigenvalue weighted by molar-refractivity contribution is 5.79. The molecule has 0 unspecified atom stereocenters. The number of aliphatic imine (C=N–C) groups is 1. The summed E-state index contributed by atoms with van der Waals surface area (Å²) in [5, 5.41) is 3.47. The van der Waals surface area contributed by atoms with E-state index in [1.807, 2.05) is 0 Å². The van der Waals surface area contributed by atoms with E-state index < -0.39 is 0 Å². The summed E-state index contributed by atoms with van der Waals surface area (Å²) in [6.45, 7) is 8.79. The number of rotatable bonds is 18. The predicted octanol–water partition coefficient (Wildman–Crippen LogP) is 7.28. The highest BCUT2D eigenvalue weighted by Gasteiger charge is 1.94. The maximum Gasteiger partial charge on any atom is 0.0931 e. The van der Waals surface area contributed by atoms with Gasteiger partial charge in [0.25, 0.3) is 0 Å². The van der Waals surface area contributed by atoms with Gasteiger partial charge >= 0.3 is 0 Å². The van der Waals surface area contributed by atoms with Crippen LogP contribution in [-0.4, -0.2) is 18.9 Å². The summed E-state index contributed by atoms with van der Waals surface area (Å²) < 4.78 is 0. The van der Waals surface area contributed by atoms with Gasteiger partial charge in [0.2, 0.25) is 0 Å². The lowest BCUT2D eigenvalue weighted by atomic mass is 10.1. The molecule has 2 heteroatoms. The monoisotopic (exact) mass is 338 g/mol. The van der Waals surface area contributed by atoms with E-state index in [-0.39, 0.29) is 0 Å². The smallest absolute Gasteiger partial charge is 0.0931 e. The minimum atomic E-state index is 1.01. The third-order valence-corrected chi connectivity index (χ3v) is 4.77. The second-order valence-electron chi connectivity index (χ2n) is 7.34. The second kappa shape index (κ2) is 20.5. The van der Waals surface area contributed by atoms with Crippen LogP contribution in [0.2, 0.25) is 0 Å². The number of unbranched alkanes of at least 4 members (excludes halogenated alkanes) is 14. The van der Waals surface area contributed by atoms with Gasteiger partial charge in [0, 0.05) is 13.1 Å². The Labute approximate surface area is 153 Å². The fourth-order valence-electron chi connectivity index (χ4n) is 3.08. The molecule has 0 atom stereocenters. The van der Waals surface area contributed by atoms with E-state index in [1.165, 1.54) is 103 Å². The molecule has 144 valence electrons. The Morgan fingerprint density at radius 1 is 0.583 bits per heavy atom. The molecule has 0 aromatic carbocycles. The summed E-state index contributed by atoms with van der Waals surface area (Å²) in [4.78, 5) is 4.64. The van der Waals surface area contributed by atoms with E-state index in [9.17, 15) is 0 Å². The van der Waals surface area contributed by atoms with Crippen LogP contribution in [0.25, 0.3) is 0 Å². The number of nitrogens with zero attached hydrogens (tertiary/aromatic N) is 1. The first-order valence-corrected chi connectivity index (χ1v) is 11.1. The van der Waals surface area contributed by atoms with Crippen molar-refractivity contribution in [3.05, 3.63) is 0 Å². The first-order chi connectivity index (χ1) is 11.8. The van der Waals surface area contributed by atoms with E-state index in [4.69, 9.17) is 0 Å². The molecule has 0 aromatic heterocycles. The summed E-state index contributed by atoms with van der Waals surface area (Å²) >= 11 is 0. The van der Waals surface area contributed by atoms with E-state index in [2.05, 4.69) is 31.1 Å². The fraction of sp³-hybridized carbons (Fsp3) is 0.955. The van der Waals surface area contributed by atoms with Crippen molar-refractivity contribution in [2.45, 2.75) is 124 Å². The van der Waals surface area contributed by atoms with Crippen molar-refractivity contribution in [2.24, 2.45) is 4.99 Å². The van der Waals surface area contributed by atoms with Gasteiger partial charge in [-0.25, -0.2) is 0 Å². The number of hydrogen-bond donors (Lipinski definition) is 1. The molecular formula is C22H46N2. The van der Waals surface area contributed by atoms with Crippen LogP contribution < -0.4 is 5.32 Å². The predicted molar refractivity (Wildman–Crippen MR) is 111 cm³/mol. The third-order valence-electron chi connectivity index (χ3n) is 4.77. The molecule has 0 aliphatic rings. The zero-order valence-electron chi connectivity index (χ0n) is 17.2. The molecule has 1 N–H and O–H groups in total. The van der Waals surface area contributed by atoms with Crippen LogP contribution >= 0.6 is 0 Å². The van der Waals surface area contributed by atoms with Crippen molar-refractivity contribution >= 4 is 5.84 Å². The molecule has 0 saturated heterocycles. The van der Waals surface area contributed by atoms with Crippen LogP contribution in [0, 0.1) is 0 Å². The van der Waals surface area contributed by atoms with Crippen LogP contribution in [0.1, 0.15) is 124 Å². The lowest BCUT2D eigenvalue weighted by Crippen LogP contribution is -2.21. The van der Waals surface area contributed by atoms with Crippen molar-refractivity contribution in [3.63, 3.8) is 0 Å². The summed E-state index contributed by atoms with van der Waals surface area (Å²) in [5.74, 6) is 1.14. The summed E-state index contributed by atoms with van der Waals surface area (Å²) in [7, 11) is 0. The maximum atomic E-state index is 4.64. The standard InChI is InChI=1S/C22H46N2/c1-4-6-8-10-12-14-16-18-20-23-22(3)24-21-19-17-15-13-11-9-7-5-2/h4-21H2,1-3H3,(H,23,24). The third kappa shape index (κ3) is 19.5. The van der Waals surface area contributed by atoms with Gasteiger partial charge in [-0.3, -0.25) is 4.99 Å². The molecule has 0 saturated carbocycles. The minimum absolute atomic E-state index is 1.01. The topological polar surface area (TPSA) is 24.4 Å². The van der Waals surface area contributed by atoms with Crippen LogP contribution in [0.4, 0.5) is 0 Å². The Hall–Kier alpha value is -0.530. The lowest BCUT2D eigenvalue weighted by Gasteiger charge is -2.06. The lowest BCUT2D eigenvalue weighted by molar-refractivity contribution is 0.571. The molecule has 0 amide bonds. The van der Waals surface area contributed by atoms with Crippen LogP contribution in [0.5, 0.6) is 0 Å². The Balaban J connectivity index is 3.23. The van der Waals surface area contributed by atoms with Crippen molar-refractivity contribution in [2.75, 3.05) is 13.1 Å². The van der Waals surface area contributed by atoms with Crippen LogP contribution in [-0.2, 0) is 0 Å². The zero-order valence-corrected chi connectivity index (χ0v) is 17.2. The molecule has 2 nitrogen and oxygen atoms in total. The SMILES string of the molecule is CCCCCCCCCCN=C(C)NCCCCCCCCCC. The Morgan fingerprint density at radius 3 is 1.50 bits per heavy atom. The maximum absolute atomic E-state index is 4.64. The molecule has 0 aromatic rings. The minimum Gasteiger partial charge on any atom is -0.374 e. The molecule has 0 spiro atoms. The van der Waals surface area contributed by atoms with Crippen LogP contribution in [0.15, 0.2) is 4.99 Å². The van der Waals surface area contributed by atoms with Crippen molar-refractivity contribution in [1.82, 2.24) is 5.32 Å². The van der Waals surface area contributed by atoms with E-state index in [1.54, 1.807) is 0 Å². The van der Waals surface area contributed by atoms with E-state index >= 15 is 0 Å². The average molecular weight is 339 g/mol.